The lowest BCUT2D eigenvalue weighted by Gasteiger charge is -2.02. The van der Waals surface area contributed by atoms with Crippen LogP contribution in [-0.2, 0) is 6.42 Å². The van der Waals surface area contributed by atoms with Crippen molar-refractivity contribution in [3.63, 3.8) is 0 Å². The molecule has 0 N–H and O–H groups in total. The molecule has 1 heterocycles. The maximum atomic E-state index is 8.72. The van der Waals surface area contributed by atoms with Crippen molar-refractivity contribution in [3.8, 4) is 16.6 Å². The van der Waals surface area contributed by atoms with Gasteiger partial charge in [-0.1, -0.05) is 23.8 Å². The van der Waals surface area contributed by atoms with Crippen molar-refractivity contribution in [1.82, 2.24) is 4.98 Å². The van der Waals surface area contributed by atoms with Crippen LogP contribution in [0.3, 0.4) is 0 Å². The molecule has 0 unspecified atom stereocenters. The standard InChI is InChI=1S/C13H11BrN2S/c1-8-3-4-10(9(2)7-8)13-16-12(14)11(17-13)5-6-15/h3-4,7H,5H2,1-2H3. The molecule has 0 amide bonds. The van der Waals surface area contributed by atoms with Crippen LogP contribution in [-0.4, -0.2) is 4.98 Å². The van der Waals surface area contributed by atoms with Gasteiger partial charge in [0, 0.05) is 5.56 Å². The predicted molar refractivity (Wildman–Crippen MR) is 74.0 cm³/mol. The third-order valence-corrected chi connectivity index (χ3v) is 4.51. The van der Waals surface area contributed by atoms with Crippen LogP contribution in [0.15, 0.2) is 22.8 Å². The first kappa shape index (κ1) is 12.3. The minimum Gasteiger partial charge on any atom is -0.229 e. The summed E-state index contributed by atoms with van der Waals surface area (Å²) in [7, 11) is 0. The maximum Gasteiger partial charge on any atom is 0.125 e. The van der Waals surface area contributed by atoms with Crippen LogP contribution >= 0.6 is 27.3 Å². The molecule has 0 bridgehead atoms. The van der Waals surface area contributed by atoms with Crippen molar-refractivity contribution in [2.45, 2.75) is 20.3 Å². The quantitative estimate of drug-likeness (QED) is 0.831. The summed E-state index contributed by atoms with van der Waals surface area (Å²) < 4.78 is 0.791. The minimum atomic E-state index is 0.406. The molecule has 0 saturated carbocycles. The Labute approximate surface area is 113 Å². The van der Waals surface area contributed by atoms with Gasteiger partial charge in [-0.25, -0.2) is 4.98 Å². The van der Waals surface area contributed by atoms with Gasteiger partial charge in [0.1, 0.15) is 9.61 Å². The molecule has 17 heavy (non-hydrogen) atoms. The number of rotatable bonds is 2. The second kappa shape index (κ2) is 4.99. The second-order valence-electron chi connectivity index (χ2n) is 3.89. The lowest BCUT2D eigenvalue weighted by molar-refractivity contribution is 1.24. The zero-order valence-corrected chi connectivity index (χ0v) is 12.0. The van der Waals surface area contributed by atoms with Gasteiger partial charge in [-0.05, 0) is 35.3 Å². The molecule has 2 rings (SSSR count). The summed E-state index contributed by atoms with van der Waals surface area (Å²) in [6.45, 7) is 4.16. The molecule has 1 aromatic carbocycles. The smallest absolute Gasteiger partial charge is 0.125 e. The lowest BCUT2D eigenvalue weighted by Crippen LogP contribution is -1.83. The van der Waals surface area contributed by atoms with Crippen LogP contribution in [0.2, 0.25) is 0 Å². The summed E-state index contributed by atoms with van der Waals surface area (Å²) in [5, 5.41) is 9.69. The Balaban J connectivity index is 2.47. The Morgan fingerprint density at radius 2 is 2.18 bits per heavy atom. The van der Waals surface area contributed by atoms with E-state index in [-0.39, 0.29) is 0 Å². The van der Waals surface area contributed by atoms with Gasteiger partial charge in [-0.3, -0.25) is 0 Å². The fourth-order valence-electron chi connectivity index (χ4n) is 1.68. The van der Waals surface area contributed by atoms with Crippen molar-refractivity contribution in [2.24, 2.45) is 0 Å². The van der Waals surface area contributed by atoms with E-state index >= 15 is 0 Å². The number of hydrogen-bond acceptors (Lipinski definition) is 3. The van der Waals surface area contributed by atoms with E-state index in [1.54, 1.807) is 11.3 Å². The second-order valence-corrected chi connectivity index (χ2v) is 5.72. The van der Waals surface area contributed by atoms with Gasteiger partial charge in [0.25, 0.3) is 0 Å². The van der Waals surface area contributed by atoms with Crippen LogP contribution in [0.25, 0.3) is 10.6 Å². The highest BCUT2D eigenvalue weighted by Gasteiger charge is 2.11. The van der Waals surface area contributed by atoms with E-state index < -0.39 is 0 Å². The van der Waals surface area contributed by atoms with E-state index in [0.717, 1.165) is 20.1 Å². The van der Waals surface area contributed by atoms with Crippen LogP contribution in [0, 0.1) is 25.2 Å². The highest BCUT2D eigenvalue weighted by Crippen LogP contribution is 2.33. The topological polar surface area (TPSA) is 36.7 Å². The van der Waals surface area contributed by atoms with Crippen molar-refractivity contribution in [2.75, 3.05) is 0 Å². The number of aryl methyl sites for hydroxylation is 2. The summed E-state index contributed by atoms with van der Waals surface area (Å²) in [5.74, 6) is 0. The molecule has 1 aromatic heterocycles. The highest BCUT2D eigenvalue weighted by molar-refractivity contribution is 9.10. The van der Waals surface area contributed by atoms with Gasteiger partial charge in [0.05, 0.1) is 17.4 Å². The summed E-state index contributed by atoms with van der Waals surface area (Å²) >= 11 is 4.98. The molecular weight excluding hydrogens is 296 g/mol. The van der Waals surface area contributed by atoms with Crippen molar-refractivity contribution in [3.05, 3.63) is 38.8 Å². The summed E-state index contributed by atoms with van der Waals surface area (Å²) in [4.78, 5) is 5.46. The monoisotopic (exact) mass is 306 g/mol. The molecule has 0 aliphatic heterocycles. The minimum absolute atomic E-state index is 0.406. The molecular formula is C13H11BrN2S. The normalized spacial score (nSPS) is 10.2. The first-order valence-electron chi connectivity index (χ1n) is 5.21. The third kappa shape index (κ3) is 2.56. The molecule has 86 valence electrons. The molecule has 0 radical (unpaired) electrons. The summed E-state index contributed by atoms with van der Waals surface area (Å²) in [5.41, 5.74) is 3.61. The number of benzene rings is 1. The average Bonchev–Trinajstić information content (AvgIpc) is 2.60. The largest absolute Gasteiger partial charge is 0.229 e. The number of halogens is 1. The fourth-order valence-corrected chi connectivity index (χ4v) is 3.34. The number of aromatic nitrogens is 1. The van der Waals surface area contributed by atoms with E-state index in [9.17, 15) is 0 Å². The lowest BCUT2D eigenvalue weighted by atomic mass is 10.1. The first-order valence-corrected chi connectivity index (χ1v) is 6.82. The number of nitriles is 1. The van der Waals surface area contributed by atoms with E-state index in [4.69, 9.17) is 5.26 Å². The Hall–Kier alpha value is -1.18. The van der Waals surface area contributed by atoms with Crippen molar-refractivity contribution >= 4 is 27.3 Å². The van der Waals surface area contributed by atoms with Crippen LogP contribution in [0.1, 0.15) is 16.0 Å². The van der Waals surface area contributed by atoms with E-state index in [0.29, 0.717) is 6.42 Å². The molecule has 0 spiro atoms. The molecule has 0 saturated heterocycles. The zero-order valence-electron chi connectivity index (χ0n) is 9.62. The highest BCUT2D eigenvalue weighted by atomic mass is 79.9. The SMILES string of the molecule is Cc1ccc(-c2nc(Br)c(CC#N)s2)c(C)c1. The average molecular weight is 307 g/mol. The van der Waals surface area contributed by atoms with Gasteiger partial charge >= 0.3 is 0 Å². The predicted octanol–water partition coefficient (Wildman–Crippen LogP) is 4.26. The Bertz CT molecular complexity index is 596. The van der Waals surface area contributed by atoms with E-state index in [1.807, 2.05) is 0 Å². The summed E-state index contributed by atoms with van der Waals surface area (Å²) in [6, 6.07) is 8.48. The molecule has 0 atom stereocenters. The fraction of sp³-hybridized carbons (Fsp3) is 0.231. The molecule has 0 aliphatic rings. The third-order valence-electron chi connectivity index (χ3n) is 2.50. The van der Waals surface area contributed by atoms with Crippen molar-refractivity contribution in [1.29, 1.82) is 5.26 Å². The van der Waals surface area contributed by atoms with Gasteiger partial charge in [0.15, 0.2) is 0 Å². The first-order chi connectivity index (χ1) is 8.11. The number of thiazole rings is 1. The Morgan fingerprint density at radius 3 is 2.82 bits per heavy atom. The molecule has 2 aromatic rings. The van der Waals surface area contributed by atoms with Crippen molar-refractivity contribution < 1.29 is 0 Å². The Morgan fingerprint density at radius 1 is 1.41 bits per heavy atom. The van der Waals surface area contributed by atoms with Crippen LogP contribution in [0.5, 0.6) is 0 Å². The molecule has 2 nitrogen and oxygen atoms in total. The van der Waals surface area contributed by atoms with Gasteiger partial charge in [-0.15, -0.1) is 11.3 Å². The van der Waals surface area contributed by atoms with Crippen LogP contribution in [0.4, 0.5) is 0 Å². The Kier molecular flexibility index (Phi) is 3.60. The van der Waals surface area contributed by atoms with Gasteiger partial charge in [0.2, 0.25) is 0 Å². The van der Waals surface area contributed by atoms with Crippen LogP contribution < -0.4 is 0 Å². The molecule has 0 fully saturated rings. The molecule has 4 heteroatoms. The molecule has 0 aliphatic carbocycles. The van der Waals surface area contributed by atoms with Gasteiger partial charge < -0.3 is 0 Å². The zero-order chi connectivity index (χ0) is 12.4. The van der Waals surface area contributed by atoms with E-state index in [2.05, 4.69) is 59.0 Å². The van der Waals surface area contributed by atoms with Gasteiger partial charge in [-0.2, -0.15) is 5.26 Å². The number of hydrogen-bond donors (Lipinski definition) is 0. The number of nitrogens with zero attached hydrogens (tertiary/aromatic N) is 2. The van der Waals surface area contributed by atoms with E-state index in [1.165, 1.54) is 11.1 Å². The maximum absolute atomic E-state index is 8.72. The summed E-state index contributed by atoms with van der Waals surface area (Å²) in [6.07, 6.45) is 0.406.